The largest absolute Gasteiger partial charge is 0.315 e. The summed E-state index contributed by atoms with van der Waals surface area (Å²) in [5, 5.41) is 3.39. The molecule has 0 aliphatic heterocycles. The van der Waals surface area contributed by atoms with Crippen molar-refractivity contribution in [2.45, 2.75) is 13.3 Å². The maximum Gasteiger partial charge on any atom is 0.0104 e. The average molecular weight is 190 g/mol. The van der Waals surface area contributed by atoms with Gasteiger partial charge in [0.05, 0.1) is 0 Å². The summed E-state index contributed by atoms with van der Waals surface area (Å²) in [6, 6.07) is 0. The van der Waals surface area contributed by atoms with E-state index in [1.165, 1.54) is 25.3 Å². The molecular weight excluding hydrogens is 168 g/mol. The molecule has 0 heterocycles. The lowest BCUT2D eigenvalue weighted by molar-refractivity contribution is 0.352. The van der Waals surface area contributed by atoms with Crippen molar-refractivity contribution in [2.75, 3.05) is 45.2 Å². The highest BCUT2D eigenvalue weighted by Crippen LogP contribution is 1.91. The Morgan fingerprint density at radius 3 is 2.58 bits per heavy atom. The molecule has 0 aliphatic rings. The van der Waals surface area contributed by atoms with E-state index >= 15 is 0 Å². The fraction of sp³-hybridized carbons (Fsp3) is 1.00. The number of nitrogens with one attached hydrogen (secondary N) is 1. The summed E-state index contributed by atoms with van der Waals surface area (Å²) < 4.78 is 0. The summed E-state index contributed by atoms with van der Waals surface area (Å²) in [4.78, 5) is 2.37. The fourth-order valence-electron chi connectivity index (χ4n) is 0.931. The van der Waals surface area contributed by atoms with E-state index in [1.807, 2.05) is 11.8 Å². The molecule has 0 aromatic rings. The Bertz CT molecular complexity index is 88.6. The minimum Gasteiger partial charge on any atom is -0.315 e. The molecule has 0 saturated carbocycles. The standard InChI is InChI=1S/C9H22N2S/c1-4-5-10-6-7-11(2)8-9-12-3/h10H,4-9H2,1-3H3. The van der Waals surface area contributed by atoms with Gasteiger partial charge in [-0.15, -0.1) is 0 Å². The van der Waals surface area contributed by atoms with Crippen LogP contribution in [-0.2, 0) is 0 Å². The Hall–Kier alpha value is 0.270. The third-order valence-corrected chi connectivity index (χ3v) is 2.37. The smallest absolute Gasteiger partial charge is 0.0104 e. The minimum absolute atomic E-state index is 1.12. The topological polar surface area (TPSA) is 15.3 Å². The summed E-state index contributed by atoms with van der Waals surface area (Å²) in [6.45, 7) is 6.84. The fourth-order valence-corrected chi connectivity index (χ4v) is 1.42. The van der Waals surface area contributed by atoms with Crippen LogP contribution in [0.4, 0.5) is 0 Å². The van der Waals surface area contributed by atoms with Crippen molar-refractivity contribution in [3.63, 3.8) is 0 Å². The van der Waals surface area contributed by atoms with Gasteiger partial charge < -0.3 is 10.2 Å². The van der Waals surface area contributed by atoms with E-state index in [4.69, 9.17) is 0 Å². The first-order valence-electron chi connectivity index (χ1n) is 4.69. The molecule has 12 heavy (non-hydrogen) atoms. The highest BCUT2D eigenvalue weighted by Gasteiger charge is 1.95. The molecule has 0 aliphatic carbocycles. The van der Waals surface area contributed by atoms with E-state index in [0.717, 1.165) is 13.1 Å². The van der Waals surface area contributed by atoms with E-state index < -0.39 is 0 Å². The third-order valence-electron chi connectivity index (χ3n) is 1.77. The predicted molar refractivity (Wildman–Crippen MR) is 59.0 cm³/mol. The number of hydrogen-bond acceptors (Lipinski definition) is 3. The highest BCUT2D eigenvalue weighted by atomic mass is 32.2. The van der Waals surface area contributed by atoms with Gasteiger partial charge in [-0.05, 0) is 26.3 Å². The third kappa shape index (κ3) is 8.37. The van der Waals surface area contributed by atoms with Gasteiger partial charge in [0.15, 0.2) is 0 Å². The Kier molecular flexibility index (Phi) is 9.57. The van der Waals surface area contributed by atoms with Crippen LogP contribution in [-0.4, -0.2) is 50.1 Å². The van der Waals surface area contributed by atoms with Gasteiger partial charge in [0, 0.05) is 25.4 Å². The summed E-state index contributed by atoms with van der Waals surface area (Å²) in [5.41, 5.74) is 0. The van der Waals surface area contributed by atoms with Crippen molar-refractivity contribution in [1.29, 1.82) is 0 Å². The van der Waals surface area contributed by atoms with Crippen molar-refractivity contribution in [1.82, 2.24) is 10.2 Å². The van der Waals surface area contributed by atoms with E-state index in [1.54, 1.807) is 0 Å². The summed E-state index contributed by atoms with van der Waals surface area (Å²) in [6.07, 6.45) is 3.39. The van der Waals surface area contributed by atoms with Crippen LogP contribution in [0.25, 0.3) is 0 Å². The Labute approximate surface area is 81.1 Å². The molecule has 0 fully saturated rings. The number of rotatable bonds is 8. The normalized spacial score (nSPS) is 11.0. The van der Waals surface area contributed by atoms with Crippen molar-refractivity contribution in [3.8, 4) is 0 Å². The average Bonchev–Trinajstić information content (AvgIpc) is 2.09. The lowest BCUT2D eigenvalue weighted by atomic mass is 10.4. The van der Waals surface area contributed by atoms with E-state index in [0.29, 0.717) is 0 Å². The minimum atomic E-state index is 1.12. The van der Waals surface area contributed by atoms with Gasteiger partial charge in [0.1, 0.15) is 0 Å². The zero-order valence-electron chi connectivity index (χ0n) is 8.60. The van der Waals surface area contributed by atoms with Crippen LogP contribution in [0, 0.1) is 0 Å². The quantitative estimate of drug-likeness (QED) is 0.581. The molecule has 0 aromatic heterocycles. The van der Waals surface area contributed by atoms with Gasteiger partial charge in [0.25, 0.3) is 0 Å². The van der Waals surface area contributed by atoms with E-state index in [9.17, 15) is 0 Å². The molecule has 0 atom stereocenters. The van der Waals surface area contributed by atoms with E-state index in [2.05, 4.69) is 30.4 Å². The zero-order valence-corrected chi connectivity index (χ0v) is 9.41. The van der Waals surface area contributed by atoms with Crippen LogP contribution >= 0.6 is 11.8 Å². The van der Waals surface area contributed by atoms with Crippen LogP contribution in [0.5, 0.6) is 0 Å². The Morgan fingerprint density at radius 1 is 1.25 bits per heavy atom. The lowest BCUT2D eigenvalue weighted by Crippen LogP contribution is -2.30. The molecule has 0 amide bonds. The zero-order chi connectivity index (χ0) is 9.23. The molecule has 0 aromatic carbocycles. The van der Waals surface area contributed by atoms with Gasteiger partial charge in [-0.25, -0.2) is 0 Å². The summed E-state index contributed by atoms with van der Waals surface area (Å²) in [7, 11) is 2.18. The molecule has 0 spiro atoms. The van der Waals surface area contributed by atoms with Crippen LogP contribution in [0.1, 0.15) is 13.3 Å². The monoisotopic (exact) mass is 190 g/mol. The van der Waals surface area contributed by atoms with Gasteiger partial charge in [-0.3, -0.25) is 0 Å². The first-order chi connectivity index (χ1) is 5.81. The molecule has 0 saturated heterocycles. The van der Waals surface area contributed by atoms with Crippen LogP contribution in [0.15, 0.2) is 0 Å². The van der Waals surface area contributed by atoms with Crippen molar-refractivity contribution >= 4 is 11.8 Å². The number of thioether (sulfide) groups is 1. The maximum atomic E-state index is 3.39. The number of likely N-dealkylation sites (N-methyl/N-ethyl adjacent to an activating group) is 1. The molecule has 0 rings (SSSR count). The molecule has 2 nitrogen and oxygen atoms in total. The van der Waals surface area contributed by atoms with Crippen molar-refractivity contribution in [2.24, 2.45) is 0 Å². The molecule has 74 valence electrons. The lowest BCUT2D eigenvalue weighted by Gasteiger charge is -2.15. The van der Waals surface area contributed by atoms with Gasteiger partial charge >= 0.3 is 0 Å². The Morgan fingerprint density at radius 2 is 2.00 bits per heavy atom. The van der Waals surface area contributed by atoms with Gasteiger partial charge in [0.2, 0.25) is 0 Å². The number of hydrogen-bond donors (Lipinski definition) is 1. The highest BCUT2D eigenvalue weighted by molar-refractivity contribution is 7.98. The van der Waals surface area contributed by atoms with Crippen LogP contribution in [0.3, 0.4) is 0 Å². The van der Waals surface area contributed by atoms with Crippen molar-refractivity contribution < 1.29 is 0 Å². The molecule has 0 radical (unpaired) electrons. The maximum absolute atomic E-state index is 3.39. The molecule has 3 heteroatoms. The Balaban J connectivity index is 3.02. The van der Waals surface area contributed by atoms with Crippen molar-refractivity contribution in [3.05, 3.63) is 0 Å². The SMILES string of the molecule is CCCNCCN(C)CCSC. The first kappa shape index (κ1) is 12.3. The second-order valence-electron chi connectivity index (χ2n) is 3.05. The molecule has 0 bridgehead atoms. The summed E-state index contributed by atoms with van der Waals surface area (Å²) in [5.74, 6) is 1.24. The van der Waals surface area contributed by atoms with Crippen LogP contribution < -0.4 is 5.32 Å². The molecular formula is C9H22N2S. The molecule has 0 unspecified atom stereocenters. The second-order valence-corrected chi connectivity index (χ2v) is 4.03. The summed E-state index contributed by atoms with van der Waals surface area (Å²) >= 11 is 1.91. The van der Waals surface area contributed by atoms with Crippen LogP contribution in [0.2, 0.25) is 0 Å². The predicted octanol–water partition coefficient (Wildman–Crippen LogP) is 1.28. The molecule has 1 N–H and O–H groups in total. The van der Waals surface area contributed by atoms with E-state index in [-0.39, 0.29) is 0 Å². The number of nitrogens with zero attached hydrogens (tertiary/aromatic N) is 1. The second kappa shape index (κ2) is 9.36. The van der Waals surface area contributed by atoms with Gasteiger partial charge in [-0.2, -0.15) is 11.8 Å². The van der Waals surface area contributed by atoms with Gasteiger partial charge in [-0.1, -0.05) is 6.92 Å². The first-order valence-corrected chi connectivity index (χ1v) is 6.08.